The van der Waals surface area contributed by atoms with Gasteiger partial charge in [-0.05, 0) is 60.9 Å². The lowest BCUT2D eigenvalue weighted by Gasteiger charge is -2.31. The van der Waals surface area contributed by atoms with Crippen molar-refractivity contribution in [2.24, 2.45) is 5.73 Å². The molecule has 3 aliphatic heterocycles. The summed E-state index contributed by atoms with van der Waals surface area (Å²) in [7, 11) is 1.03. The van der Waals surface area contributed by atoms with Gasteiger partial charge in [0.05, 0.1) is 80.9 Å². The fourth-order valence-electron chi connectivity index (χ4n) is 11.0. The molecule has 9 atom stereocenters. The Hall–Kier alpha value is -9.01. The second-order valence-corrected chi connectivity index (χ2v) is 21.4. The van der Waals surface area contributed by atoms with Crippen LogP contribution in [-0.2, 0) is 93.7 Å². The molecule has 0 spiro atoms. The molecule has 0 saturated carbocycles. The number of amides is 9. The number of ether oxygens (including phenoxy) is 4. The van der Waals surface area contributed by atoms with Crippen LogP contribution >= 0.6 is 0 Å². The van der Waals surface area contributed by atoms with Crippen molar-refractivity contribution in [2.45, 2.75) is 126 Å². The molecule has 2 aromatic heterocycles. The molecule has 8 rings (SSSR count). The van der Waals surface area contributed by atoms with E-state index in [0.29, 0.717) is 39.6 Å². The van der Waals surface area contributed by atoms with Crippen molar-refractivity contribution in [1.29, 1.82) is 0 Å². The zero-order valence-corrected chi connectivity index (χ0v) is 48.0. The number of cyclic esters (lactones) is 1. The van der Waals surface area contributed by atoms with Gasteiger partial charge in [0, 0.05) is 42.0 Å². The van der Waals surface area contributed by atoms with Crippen molar-refractivity contribution in [2.75, 3.05) is 46.6 Å². The number of hydrogen-bond acceptors (Lipinski definition) is 20. The van der Waals surface area contributed by atoms with Gasteiger partial charge in [0.15, 0.2) is 11.7 Å². The zero-order chi connectivity index (χ0) is 63.7. The van der Waals surface area contributed by atoms with E-state index in [1.807, 2.05) is 0 Å². The van der Waals surface area contributed by atoms with Gasteiger partial charge in [-0.15, -0.1) is 0 Å². The molecule has 30 nitrogen and oxygen atoms in total. The van der Waals surface area contributed by atoms with Crippen molar-refractivity contribution >= 4 is 70.2 Å². The van der Waals surface area contributed by atoms with E-state index in [2.05, 4.69) is 47.3 Å². The van der Waals surface area contributed by atoms with Gasteiger partial charge in [0.1, 0.15) is 49.6 Å². The maximum absolute atomic E-state index is 15.5. The summed E-state index contributed by atoms with van der Waals surface area (Å²) in [5.41, 5.74) is 6.19. The van der Waals surface area contributed by atoms with Crippen LogP contribution in [-0.4, -0.2) is 179 Å². The van der Waals surface area contributed by atoms with E-state index in [4.69, 9.17) is 24.9 Å². The highest BCUT2D eigenvalue weighted by molar-refractivity contribution is 5.96. The fourth-order valence-corrected chi connectivity index (χ4v) is 11.0. The minimum atomic E-state index is -2.10. The molecule has 5 heterocycles. The number of methoxy groups -OCH3 is 1. The molecular formula is C57H68FN11O19. The first-order valence-electron chi connectivity index (χ1n) is 28.1. The number of nitrogens with one attached hydrogen (secondary N) is 8. The summed E-state index contributed by atoms with van der Waals surface area (Å²) < 4.78 is 37.7. The number of carbonyl (C=O) groups is 10. The predicted molar refractivity (Wildman–Crippen MR) is 301 cm³/mol. The van der Waals surface area contributed by atoms with Gasteiger partial charge in [0.2, 0.25) is 41.4 Å². The summed E-state index contributed by atoms with van der Waals surface area (Å²) in [6.45, 7) is -1.02. The number of nitrogens with zero attached hydrogens (tertiary/aromatic N) is 2. The average molecular weight is 1230 g/mol. The number of nitrogens with two attached hydrogens (primary N) is 1. The third-order valence-corrected chi connectivity index (χ3v) is 15.8. The van der Waals surface area contributed by atoms with Crippen molar-refractivity contribution < 1.29 is 91.7 Å². The van der Waals surface area contributed by atoms with Crippen LogP contribution in [0.15, 0.2) is 47.3 Å². The number of pyridine rings is 2. The van der Waals surface area contributed by atoms with Crippen LogP contribution in [0.3, 0.4) is 0 Å². The molecule has 9 amide bonds. The topological polar surface area (TPSA) is 446 Å². The van der Waals surface area contributed by atoms with Crippen molar-refractivity contribution in [3.63, 3.8) is 0 Å². The predicted octanol–water partition coefficient (Wildman–Crippen LogP) is -3.86. The number of esters is 1. The summed E-state index contributed by atoms with van der Waals surface area (Å²) in [5, 5.41) is 62.2. The first kappa shape index (κ1) is 65.0. The normalized spacial score (nSPS) is 20.5. The molecule has 1 saturated heterocycles. The molecule has 1 aliphatic carbocycles. The van der Waals surface area contributed by atoms with Crippen LogP contribution in [0, 0.1) is 12.7 Å². The smallest absolute Gasteiger partial charge is 0.407 e. The number of primary amides is 1. The third kappa shape index (κ3) is 14.5. The summed E-state index contributed by atoms with van der Waals surface area (Å²) in [6.07, 6.45) is -8.32. The molecule has 14 N–H and O–H groups in total. The number of rotatable bonds is 26. The van der Waals surface area contributed by atoms with E-state index in [9.17, 15) is 73.2 Å². The number of aliphatic hydroxyl groups excluding tert-OH is 3. The second kappa shape index (κ2) is 28.2. The molecule has 88 heavy (non-hydrogen) atoms. The summed E-state index contributed by atoms with van der Waals surface area (Å²) >= 11 is 0. The van der Waals surface area contributed by atoms with Crippen molar-refractivity contribution in [1.82, 2.24) is 52.1 Å². The Kier molecular flexibility index (Phi) is 20.8. The molecular weight excluding hydrogens is 1160 g/mol. The van der Waals surface area contributed by atoms with E-state index in [0.717, 1.165) is 7.11 Å². The number of halogens is 1. The Morgan fingerprint density at radius 2 is 1.53 bits per heavy atom. The van der Waals surface area contributed by atoms with Gasteiger partial charge >= 0.3 is 12.1 Å². The molecule has 31 heteroatoms. The average Bonchev–Trinajstić information content (AvgIpc) is 1.54. The lowest BCUT2D eigenvalue weighted by Crippen LogP contribution is -2.53. The number of aliphatic hydroxyl groups is 4. The molecule has 2 aromatic carbocycles. The highest BCUT2D eigenvalue weighted by Crippen LogP contribution is 2.46. The lowest BCUT2D eigenvalue weighted by atomic mass is 9.81. The van der Waals surface area contributed by atoms with Crippen LogP contribution in [0.1, 0.15) is 84.0 Å². The Morgan fingerprint density at radius 1 is 0.852 bits per heavy atom. The van der Waals surface area contributed by atoms with E-state index in [1.165, 1.54) is 16.7 Å². The van der Waals surface area contributed by atoms with Gasteiger partial charge in [-0.25, -0.2) is 19.0 Å². The number of aryl methyl sites for hydroxylation is 1. The standard InChI is InChI=1S/C57H68FN11O19/c1-4-57(84)31-15-37-48-29(22-69(37)54(81)30(31)24-86-55(57)82)47-33(11-10-28-26(2)32(58)16-35(66-48)46(28)47)67-53(80)40(23-70)87-25-64-44(74)20-63-52(79)36(14-27-8-6-5-7-9-27)65-45(75)21-61-43(73)19-62-51(78)34(68-56(83)85-3)12-13-42(72)60-18-39-50(77)49(76)38(88-39)17-41(59)71/h5-9,15-16,33-34,36,38-40,49-50,70,76-77,84H,4,10-14,17-25H2,1-3H3,(H2,59,71)(H,60,72)(H,61,73)(H,62,78)(H,63,79)(H,64,74)(H,65,75)(H,67,80)(H,68,83)/t33-,34-,36-,38-,39+,40+,49-,50+,57-/m0/s1. The highest BCUT2D eigenvalue weighted by Gasteiger charge is 2.47. The SMILES string of the molecule is CC[C@@]1(O)C(=O)OCc2c1cc1n(c2=O)Cc2c-1nc1cc(F)c(C)c3c1c2[C@@H](NC(=O)[C@@H](CO)OCNC(=O)CNC(=O)[C@H](Cc1ccccc1)NC(=O)CNC(=O)CNC(=O)[C@H](CCC(=O)NC[C@H]1O[C@@H](CC(N)=O)[C@H](O)[C@@H]1O)NC(=O)OC)CC3. The Labute approximate surface area is 500 Å². The number of fused-ring (bicyclic) bond motifs is 5. The molecule has 0 bridgehead atoms. The van der Waals surface area contributed by atoms with Gasteiger partial charge in [0.25, 0.3) is 11.5 Å². The van der Waals surface area contributed by atoms with Gasteiger partial charge in [-0.1, -0.05) is 37.3 Å². The quantitative estimate of drug-likeness (QED) is 0.0186. The van der Waals surface area contributed by atoms with E-state index in [1.54, 1.807) is 44.2 Å². The number of benzene rings is 2. The van der Waals surface area contributed by atoms with Gasteiger partial charge < -0.3 is 92.2 Å². The highest BCUT2D eigenvalue weighted by atomic mass is 19.1. The molecule has 1 fully saturated rings. The maximum Gasteiger partial charge on any atom is 0.407 e. The largest absolute Gasteiger partial charge is 0.458 e. The molecule has 0 radical (unpaired) electrons. The first-order valence-corrected chi connectivity index (χ1v) is 28.1. The molecule has 4 aliphatic rings. The zero-order valence-electron chi connectivity index (χ0n) is 48.0. The lowest BCUT2D eigenvalue weighted by molar-refractivity contribution is -0.172. The monoisotopic (exact) mass is 1230 g/mol. The van der Waals surface area contributed by atoms with Crippen LogP contribution < -0.4 is 53.8 Å². The van der Waals surface area contributed by atoms with Crippen molar-refractivity contribution in [3.8, 4) is 11.4 Å². The number of carbonyl (C=O) groups excluding carboxylic acids is 10. The Morgan fingerprint density at radius 3 is 2.22 bits per heavy atom. The third-order valence-electron chi connectivity index (χ3n) is 15.8. The summed E-state index contributed by atoms with van der Waals surface area (Å²) in [4.78, 5) is 147. The maximum atomic E-state index is 15.5. The van der Waals surface area contributed by atoms with E-state index >= 15 is 4.39 Å². The van der Waals surface area contributed by atoms with E-state index < -0.39 is 158 Å². The molecule has 472 valence electrons. The van der Waals surface area contributed by atoms with Gasteiger partial charge in [-0.2, -0.15) is 0 Å². The summed E-state index contributed by atoms with van der Waals surface area (Å²) in [6, 6.07) is 7.74. The Bertz CT molecular complexity index is 3480. The number of aromatic nitrogens is 2. The van der Waals surface area contributed by atoms with Crippen molar-refractivity contribution in [3.05, 3.63) is 97.6 Å². The van der Waals surface area contributed by atoms with Crippen LogP contribution in [0.2, 0.25) is 0 Å². The number of alkyl carbamates (subject to hydrolysis) is 1. The number of hydrogen-bond donors (Lipinski definition) is 13. The molecule has 4 aromatic rings. The van der Waals surface area contributed by atoms with Crippen LogP contribution in [0.5, 0.6) is 0 Å². The van der Waals surface area contributed by atoms with E-state index in [-0.39, 0.29) is 86.3 Å². The molecule has 0 unspecified atom stereocenters. The minimum Gasteiger partial charge on any atom is -0.458 e. The second-order valence-electron chi connectivity index (χ2n) is 21.4. The summed E-state index contributed by atoms with van der Waals surface area (Å²) in [5.74, 6) is -7.95. The first-order chi connectivity index (χ1) is 42.0. The fraction of sp³-hybridized carbons (Fsp3) is 0.474. The van der Waals surface area contributed by atoms with Gasteiger partial charge in [-0.3, -0.25) is 43.2 Å². The Balaban J connectivity index is 0.819. The van der Waals surface area contributed by atoms with Crippen LogP contribution in [0.25, 0.3) is 22.3 Å². The van der Waals surface area contributed by atoms with Crippen LogP contribution in [0.4, 0.5) is 9.18 Å². The minimum absolute atomic E-state index is 0.0258.